The summed E-state index contributed by atoms with van der Waals surface area (Å²) in [5.41, 5.74) is 7.77. The Morgan fingerprint density at radius 1 is 1.50 bits per heavy atom. The molecule has 2 rings (SSSR count). The Hall–Kier alpha value is -2.00. The summed E-state index contributed by atoms with van der Waals surface area (Å²) in [4.78, 5) is 11.3. The highest BCUT2D eigenvalue weighted by Gasteiger charge is 2.15. The molecule has 20 heavy (non-hydrogen) atoms. The summed E-state index contributed by atoms with van der Waals surface area (Å²) >= 11 is 1.43. The molecule has 5 N–H and O–H groups in total. The van der Waals surface area contributed by atoms with Crippen LogP contribution < -0.4 is 17.0 Å². The van der Waals surface area contributed by atoms with Gasteiger partial charge in [-0.2, -0.15) is 0 Å². The number of rotatable bonds is 5. The van der Waals surface area contributed by atoms with E-state index in [0.717, 1.165) is 0 Å². The first kappa shape index (κ1) is 14.4. The number of carbonyl (C=O) groups excluding carboxylic acids is 1. The van der Waals surface area contributed by atoms with E-state index in [1.165, 1.54) is 11.8 Å². The second kappa shape index (κ2) is 5.97. The van der Waals surface area contributed by atoms with Gasteiger partial charge in [-0.25, -0.2) is 5.84 Å². The maximum atomic E-state index is 11.3. The Labute approximate surface area is 119 Å². The minimum Gasteiger partial charge on any atom is -0.455 e. The van der Waals surface area contributed by atoms with E-state index in [-0.39, 0.29) is 11.8 Å². The van der Waals surface area contributed by atoms with Crippen molar-refractivity contribution in [3.63, 3.8) is 0 Å². The molecule has 108 valence electrons. The lowest BCUT2D eigenvalue weighted by molar-refractivity contribution is 0.0924. The molecule has 0 bridgehead atoms. The zero-order chi connectivity index (χ0) is 14.7. The molecule has 0 saturated heterocycles. The molecule has 0 aromatic carbocycles. The van der Waals surface area contributed by atoms with E-state index in [1.54, 1.807) is 12.1 Å². The summed E-state index contributed by atoms with van der Waals surface area (Å²) in [6.07, 6.45) is 0. The quantitative estimate of drug-likeness (QED) is 0.324. The molecule has 8 nitrogen and oxygen atoms in total. The number of aromatic nitrogens is 3. The normalized spacial score (nSPS) is 11.0. The van der Waals surface area contributed by atoms with Gasteiger partial charge < -0.3 is 10.2 Å². The summed E-state index contributed by atoms with van der Waals surface area (Å²) in [5, 5.41) is 8.58. The molecular weight excluding hydrogens is 280 g/mol. The number of hydrazine groups is 1. The maximum absolute atomic E-state index is 11.3. The van der Waals surface area contributed by atoms with E-state index >= 15 is 0 Å². The van der Waals surface area contributed by atoms with E-state index in [1.807, 2.05) is 23.8 Å². The van der Waals surface area contributed by atoms with Crippen LogP contribution in [-0.4, -0.2) is 20.7 Å². The van der Waals surface area contributed by atoms with Crippen LogP contribution >= 0.6 is 11.8 Å². The average molecular weight is 296 g/mol. The van der Waals surface area contributed by atoms with Gasteiger partial charge >= 0.3 is 5.91 Å². The molecule has 9 heteroatoms. The van der Waals surface area contributed by atoms with Crippen molar-refractivity contribution >= 4 is 23.6 Å². The van der Waals surface area contributed by atoms with Gasteiger partial charge in [0.15, 0.2) is 10.9 Å². The van der Waals surface area contributed by atoms with Gasteiger partial charge in [0.2, 0.25) is 5.95 Å². The molecule has 0 atom stereocenters. The lowest BCUT2D eigenvalue weighted by atomic mass is 10.4. The van der Waals surface area contributed by atoms with Crippen molar-refractivity contribution in [2.24, 2.45) is 5.84 Å². The van der Waals surface area contributed by atoms with Crippen LogP contribution in [0.15, 0.2) is 21.7 Å². The van der Waals surface area contributed by atoms with E-state index in [2.05, 4.69) is 10.2 Å². The molecular formula is C11H16N6O2S. The van der Waals surface area contributed by atoms with Gasteiger partial charge in [0.05, 0.1) is 5.75 Å². The Balaban J connectivity index is 2.06. The molecule has 2 aromatic rings. The van der Waals surface area contributed by atoms with Crippen LogP contribution in [0.3, 0.4) is 0 Å². The fourth-order valence-electron chi connectivity index (χ4n) is 1.66. The average Bonchev–Trinajstić information content (AvgIpc) is 3.02. The largest absolute Gasteiger partial charge is 0.455 e. The lowest BCUT2D eigenvalue weighted by Gasteiger charge is -2.10. The smallest absolute Gasteiger partial charge is 0.300 e. The van der Waals surface area contributed by atoms with Crippen LogP contribution in [0, 0.1) is 0 Å². The predicted octanol–water partition coefficient (Wildman–Crippen LogP) is 0.930. The second-order valence-corrected chi connectivity index (χ2v) is 5.28. The molecule has 0 aliphatic rings. The van der Waals surface area contributed by atoms with Gasteiger partial charge in [-0.05, 0) is 26.0 Å². The van der Waals surface area contributed by atoms with Crippen molar-refractivity contribution < 1.29 is 9.21 Å². The summed E-state index contributed by atoms with van der Waals surface area (Å²) in [6, 6.07) is 3.46. The Morgan fingerprint density at radius 3 is 2.90 bits per heavy atom. The van der Waals surface area contributed by atoms with Crippen molar-refractivity contribution in [1.82, 2.24) is 20.2 Å². The molecule has 1 amide bonds. The number of nitrogens with zero attached hydrogens (tertiary/aromatic N) is 3. The maximum Gasteiger partial charge on any atom is 0.300 e. The molecule has 0 spiro atoms. The van der Waals surface area contributed by atoms with Crippen molar-refractivity contribution in [2.75, 3.05) is 5.73 Å². The van der Waals surface area contributed by atoms with Gasteiger partial charge in [-0.1, -0.05) is 11.8 Å². The standard InChI is InChI=1S/C11H16N6O2S/c1-6(2)17-10(12)15-16-11(17)20-5-7-3-4-8(19-7)9(18)14-13/h3-4,6H,5,13H2,1-2H3,(H2,12,15)(H,14,18). The number of carbonyl (C=O) groups is 1. The predicted molar refractivity (Wildman–Crippen MR) is 74.7 cm³/mol. The first-order valence-electron chi connectivity index (χ1n) is 5.95. The lowest BCUT2D eigenvalue weighted by Crippen LogP contribution is -2.29. The summed E-state index contributed by atoms with van der Waals surface area (Å²) < 4.78 is 7.20. The van der Waals surface area contributed by atoms with Crippen LogP contribution in [0.25, 0.3) is 0 Å². The van der Waals surface area contributed by atoms with Crippen LogP contribution in [0.1, 0.15) is 36.2 Å². The third kappa shape index (κ3) is 2.94. The van der Waals surface area contributed by atoms with Gasteiger partial charge in [0.1, 0.15) is 5.76 Å². The number of nitrogens with two attached hydrogens (primary N) is 2. The molecule has 0 radical (unpaired) electrons. The SMILES string of the molecule is CC(C)n1c(N)nnc1SCc1ccc(C(=O)NN)o1. The third-order valence-electron chi connectivity index (χ3n) is 2.57. The number of furan rings is 1. The molecule has 0 aliphatic carbocycles. The van der Waals surface area contributed by atoms with Crippen LogP contribution in [0.5, 0.6) is 0 Å². The van der Waals surface area contributed by atoms with Crippen molar-refractivity contribution in [3.05, 3.63) is 23.7 Å². The number of nitrogens with one attached hydrogen (secondary N) is 1. The second-order valence-electron chi connectivity index (χ2n) is 4.33. The highest BCUT2D eigenvalue weighted by molar-refractivity contribution is 7.98. The number of thioether (sulfide) groups is 1. The Bertz CT molecular complexity index is 606. The van der Waals surface area contributed by atoms with Crippen LogP contribution in [0.4, 0.5) is 5.95 Å². The zero-order valence-corrected chi connectivity index (χ0v) is 12.0. The van der Waals surface area contributed by atoms with Gasteiger partial charge in [-0.3, -0.25) is 14.8 Å². The molecule has 0 saturated carbocycles. The summed E-state index contributed by atoms with van der Waals surface area (Å²) in [6.45, 7) is 4.00. The van der Waals surface area contributed by atoms with E-state index in [4.69, 9.17) is 16.0 Å². The number of hydrogen-bond acceptors (Lipinski definition) is 7. The van der Waals surface area contributed by atoms with Crippen molar-refractivity contribution in [1.29, 1.82) is 0 Å². The zero-order valence-electron chi connectivity index (χ0n) is 11.2. The third-order valence-corrected chi connectivity index (χ3v) is 3.53. The fraction of sp³-hybridized carbons (Fsp3) is 0.364. The summed E-state index contributed by atoms with van der Waals surface area (Å²) in [7, 11) is 0. The van der Waals surface area contributed by atoms with Crippen LogP contribution in [-0.2, 0) is 5.75 Å². The molecule has 2 heterocycles. The fourth-order valence-corrected chi connectivity index (χ4v) is 2.63. The molecule has 0 aliphatic heterocycles. The molecule has 2 aromatic heterocycles. The van der Waals surface area contributed by atoms with E-state index < -0.39 is 5.91 Å². The monoisotopic (exact) mass is 296 g/mol. The van der Waals surface area contributed by atoms with Crippen molar-refractivity contribution in [3.8, 4) is 0 Å². The highest BCUT2D eigenvalue weighted by Crippen LogP contribution is 2.26. The van der Waals surface area contributed by atoms with Gasteiger partial charge in [0.25, 0.3) is 0 Å². The van der Waals surface area contributed by atoms with E-state index in [9.17, 15) is 4.79 Å². The number of anilines is 1. The Kier molecular flexibility index (Phi) is 4.30. The van der Waals surface area contributed by atoms with Gasteiger partial charge in [0, 0.05) is 6.04 Å². The number of hydrogen-bond donors (Lipinski definition) is 3. The topological polar surface area (TPSA) is 125 Å². The van der Waals surface area contributed by atoms with Crippen molar-refractivity contribution in [2.45, 2.75) is 30.8 Å². The first-order chi connectivity index (χ1) is 9.52. The molecule has 0 fully saturated rings. The minimum absolute atomic E-state index is 0.169. The van der Waals surface area contributed by atoms with Gasteiger partial charge in [-0.15, -0.1) is 10.2 Å². The van der Waals surface area contributed by atoms with Crippen LogP contribution in [0.2, 0.25) is 0 Å². The number of amides is 1. The van der Waals surface area contributed by atoms with E-state index in [0.29, 0.717) is 22.6 Å². The summed E-state index contributed by atoms with van der Waals surface area (Å²) in [5.74, 6) is 6.29. The minimum atomic E-state index is -0.462. The first-order valence-corrected chi connectivity index (χ1v) is 6.94. The highest BCUT2D eigenvalue weighted by atomic mass is 32.2. The molecule has 0 unspecified atom stereocenters. The number of nitrogen functional groups attached to an aromatic ring is 2. The Morgan fingerprint density at radius 2 is 2.25 bits per heavy atom.